The van der Waals surface area contributed by atoms with E-state index in [1.807, 2.05) is 0 Å². The Morgan fingerprint density at radius 3 is 2.59 bits per heavy atom. The van der Waals surface area contributed by atoms with Crippen LogP contribution in [-0.2, 0) is 14.3 Å². The molecule has 2 saturated heterocycles. The molecular formula is C12H17NO4. The first kappa shape index (κ1) is 11.0. The van der Waals surface area contributed by atoms with E-state index >= 15 is 0 Å². The van der Waals surface area contributed by atoms with Gasteiger partial charge in [0.15, 0.2) is 0 Å². The number of aliphatic hydroxyl groups is 1. The highest BCUT2D eigenvalue weighted by Gasteiger charge is 2.57. The molecule has 0 unspecified atom stereocenters. The van der Waals surface area contributed by atoms with E-state index in [2.05, 4.69) is 0 Å². The van der Waals surface area contributed by atoms with Crippen molar-refractivity contribution in [2.45, 2.75) is 50.3 Å². The lowest BCUT2D eigenvalue weighted by Crippen LogP contribution is -2.46. The number of rotatable bonds is 1. The second kappa shape index (κ2) is 3.98. The van der Waals surface area contributed by atoms with Gasteiger partial charge in [0.05, 0.1) is 12.5 Å². The normalized spacial score (nSPS) is 38.4. The van der Waals surface area contributed by atoms with Gasteiger partial charge in [0.25, 0.3) is 5.91 Å². The van der Waals surface area contributed by atoms with Crippen molar-refractivity contribution in [2.24, 2.45) is 5.92 Å². The van der Waals surface area contributed by atoms with Crippen molar-refractivity contribution in [3.8, 4) is 0 Å². The average Bonchev–Trinajstić information content (AvgIpc) is 2.83. The van der Waals surface area contributed by atoms with Crippen LogP contribution in [0.5, 0.6) is 0 Å². The number of nitrogens with zero attached hydrogens (tertiary/aromatic N) is 1. The Hall–Kier alpha value is -1.10. The summed E-state index contributed by atoms with van der Waals surface area (Å²) in [5.41, 5.74) is 0. The van der Waals surface area contributed by atoms with Gasteiger partial charge in [0, 0.05) is 6.04 Å². The molecule has 2 aliphatic heterocycles. The van der Waals surface area contributed by atoms with Gasteiger partial charge < -0.3 is 14.7 Å². The lowest BCUT2D eigenvalue weighted by atomic mass is 9.93. The van der Waals surface area contributed by atoms with E-state index in [9.17, 15) is 14.7 Å². The number of cyclic esters (lactones) is 1. The number of fused-ring (bicyclic) bond motifs is 1. The molecule has 1 saturated carbocycles. The van der Waals surface area contributed by atoms with Gasteiger partial charge in [-0.1, -0.05) is 19.3 Å². The number of carbonyl (C=O) groups excluding carboxylic acids is 2. The van der Waals surface area contributed by atoms with Gasteiger partial charge in [-0.15, -0.1) is 0 Å². The van der Waals surface area contributed by atoms with Crippen LogP contribution in [0.25, 0.3) is 0 Å². The molecule has 1 N–H and O–H groups in total. The van der Waals surface area contributed by atoms with Crippen LogP contribution in [0.15, 0.2) is 0 Å². The van der Waals surface area contributed by atoms with E-state index in [0.717, 1.165) is 25.7 Å². The molecule has 0 bridgehead atoms. The van der Waals surface area contributed by atoms with Crippen LogP contribution in [-0.4, -0.2) is 46.7 Å². The number of ether oxygens (including phenoxy) is 1. The topological polar surface area (TPSA) is 66.8 Å². The SMILES string of the molecule is O=C1OC[C@@H]2[C@H](O)C(=O)N(C3CCCCC3)[C@H]12. The fraction of sp³-hybridized carbons (Fsp3) is 0.833. The van der Waals surface area contributed by atoms with Crippen molar-refractivity contribution in [1.82, 2.24) is 4.90 Å². The number of hydrogen-bond donors (Lipinski definition) is 1. The molecule has 3 aliphatic rings. The second-order valence-corrected chi connectivity index (χ2v) is 5.22. The van der Waals surface area contributed by atoms with Crippen LogP contribution in [0, 0.1) is 5.92 Å². The van der Waals surface area contributed by atoms with Crippen LogP contribution < -0.4 is 0 Å². The van der Waals surface area contributed by atoms with Gasteiger partial charge in [-0.2, -0.15) is 0 Å². The summed E-state index contributed by atoms with van der Waals surface area (Å²) in [4.78, 5) is 25.3. The first-order valence-corrected chi connectivity index (χ1v) is 6.37. The monoisotopic (exact) mass is 239 g/mol. The lowest BCUT2D eigenvalue weighted by molar-refractivity contribution is -0.150. The number of aliphatic hydroxyl groups excluding tert-OH is 1. The third-order valence-electron chi connectivity index (χ3n) is 4.25. The third kappa shape index (κ3) is 1.56. The van der Waals surface area contributed by atoms with Crippen LogP contribution in [0.4, 0.5) is 0 Å². The Bertz CT molecular complexity index is 350. The molecule has 5 heteroatoms. The predicted molar refractivity (Wildman–Crippen MR) is 58.0 cm³/mol. The smallest absolute Gasteiger partial charge is 0.329 e. The molecule has 3 atom stereocenters. The standard InChI is InChI=1S/C12H17NO4/c14-10-8-6-17-12(16)9(8)13(11(10)15)7-4-2-1-3-5-7/h7-10,14H,1-6H2/t8-,9-,10-/m0/s1. The maximum absolute atomic E-state index is 12.0. The molecule has 3 rings (SSSR count). The maximum Gasteiger partial charge on any atom is 0.329 e. The highest BCUT2D eigenvalue weighted by molar-refractivity contribution is 5.93. The zero-order valence-electron chi connectivity index (χ0n) is 9.67. The van der Waals surface area contributed by atoms with Crippen LogP contribution >= 0.6 is 0 Å². The van der Waals surface area contributed by atoms with Crippen molar-refractivity contribution < 1.29 is 19.4 Å². The molecule has 0 aromatic carbocycles. The van der Waals surface area contributed by atoms with E-state index in [1.54, 1.807) is 4.90 Å². The summed E-state index contributed by atoms with van der Waals surface area (Å²) in [5, 5.41) is 9.86. The van der Waals surface area contributed by atoms with Crippen molar-refractivity contribution >= 4 is 11.9 Å². The van der Waals surface area contributed by atoms with Crippen LogP contribution in [0.3, 0.4) is 0 Å². The van der Waals surface area contributed by atoms with Crippen LogP contribution in [0.2, 0.25) is 0 Å². The minimum atomic E-state index is -1.05. The Balaban J connectivity index is 1.86. The van der Waals surface area contributed by atoms with Gasteiger partial charge in [0.1, 0.15) is 12.1 Å². The summed E-state index contributed by atoms with van der Waals surface area (Å²) >= 11 is 0. The number of amides is 1. The number of esters is 1. The molecule has 0 spiro atoms. The average molecular weight is 239 g/mol. The molecule has 0 radical (unpaired) electrons. The van der Waals surface area contributed by atoms with E-state index in [4.69, 9.17) is 4.74 Å². The number of carbonyl (C=O) groups is 2. The van der Waals surface area contributed by atoms with E-state index < -0.39 is 12.1 Å². The van der Waals surface area contributed by atoms with Gasteiger partial charge in [0.2, 0.25) is 0 Å². The summed E-state index contributed by atoms with van der Waals surface area (Å²) in [6, 6.07) is -0.410. The molecule has 0 aromatic heterocycles. The minimum absolute atomic E-state index is 0.117. The quantitative estimate of drug-likeness (QED) is 0.657. The summed E-state index contributed by atoms with van der Waals surface area (Å²) in [6.07, 6.45) is 4.21. The zero-order chi connectivity index (χ0) is 12.0. The molecule has 0 aromatic rings. The highest BCUT2D eigenvalue weighted by Crippen LogP contribution is 2.37. The predicted octanol–water partition coefficient (Wildman–Crippen LogP) is 0.0638. The Kier molecular flexibility index (Phi) is 2.58. The van der Waals surface area contributed by atoms with Gasteiger partial charge in [-0.05, 0) is 12.8 Å². The molecule has 1 amide bonds. The molecule has 3 fully saturated rings. The van der Waals surface area contributed by atoms with Crippen molar-refractivity contribution in [2.75, 3.05) is 6.61 Å². The Morgan fingerprint density at radius 2 is 1.88 bits per heavy atom. The molecule has 17 heavy (non-hydrogen) atoms. The van der Waals surface area contributed by atoms with Crippen molar-refractivity contribution in [1.29, 1.82) is 0 Å². The summed E-state index contributed by atoms with van der Waals surface area (Å²) in [6.45, 7) is 0.180. The van der Waals surface area contributed by atoms with E-state index in [-0.39, 0.29) is 30.4 Å². The summed E-state index contributed by atoms with van der Waals surface area (Å²) in [5.74, 6) is -0.967. The first-order valence-electron chi connectivity index (χ1n) is 6.37. The number of hydrogen-bond acceptors (Lipinski definition) is 4. The van der Waals surface area contributed by atoms with Crippen molar-refractivity contribution in [3.63, 3.8) is 0 Å². The maximum atomic E-state index is 12.0. The molecular weight excluding hydrogens is 222 g/mol. The Labute approximate surface area is 99.7 Å². The zero-order valence-corrected chi connectivity index (χ0v) is 9.67. The molecule has 94 valence electrons. The Morgan fingerprint density at radius 1 is 1.18 bits per heavy atom. The fourth-order valence-electron chi connectivity index (χ4n) is 3.35. The largest absolute Gasteiger partial charge is 0.464 e. The van der Waals surface area contributed by atoms with Gasteiger partial charge in [-0.3, -0.25) is 4.79 Å². The fourth-order valence-corrected chi connectivity index (χ4v) is 3.35. The second-order valence-electron chi connectivity index (χ2n) is 5.22. The lowest BCUT2D eigenvalue weighted by Gasteiger charge is -2.33. The van der Waals surface area contributed by atoms with E-state index in [1.165, 1.54) is 6.42 Å². The molecule has 1 aliphatic carbocycles. The highest BCUT2D eigenvalue weighted by atomic mass is 16.5. The first-order chi connectivity index (χ1) is 8.20. The van der Waals surface area contributed by atoms with Crippen molar-refractivity contribution in [3.05, 3.63) is 0 Å². The minimum Gasteiger partial charge on any atom is -0.464 e. The third-order valence-corrected chi connectivity index (χ3v) is 4.25. The van der Waals surface area contributed by atoms with E-state index in [0.29, 0.717) is 0 Å². The number of likely N-dealkylation sites (tertiary alicyclic amines) is 1. The van der Waals surface area contributed by atoms with Gasteiger partial charge in [-0.25, -0.2) is 4.79 Å². The van der Waals surface area contributed by atoms with Gasteiger partial charge >= 0.3 is 5.97 Å². The summed E-state index contributed by atoms with van der Waals surface area (Å²) < 4.78 is 4.97. The molecule has 5 nitrogen and oxygen atoms in total. The molecule has 2 heterocycles. The summed E-state index contributed by atoms with van der Waals surface area (Å²) in [7, 11) is 0. The van der Waals surface area contributed by atoms with Crippen LogP contribution in [0.1, 0.15) is 32.1 Å².